The Kier molecular flexibility index (Phi) is 8.39. The number of fused-ring (bicyclic) bond motifs is 1. The highest BCUT2D eigenvalue weighted by molar-refractivity contribution is 7.93. The highest BCUT2D eigenvalue weighted by Crippen LogP contribution is 2.39. The molecule has 1 atom stereocenters. The monoisotopic (exact) mass is 565 g/mol. The van der Waals surface area contributed by atoms with Gasteiger partial charge in [-0.25, -0.2) is 8.42 Å². The van der Waals surface area contributed by atoms with Gasteiger partial charge in [0.05, 0.1) is 36.9 Å². The van der Waals surface area contributed by atoms with Crippen molar-refractivity contribution in [3.63, 3.8) is 0 Å². The van der Waals surface area contributed by atoms with E-state index >= 15 is 0 Å². The predicted molar refractivity (Wildman–Crippen MR) is 155 cm³/mol. The average Bonchev–Trinajstić information content (AvgIpc) is 2.90. The molecule has 10 heteroatoms. The average molecular weight is 566 g/mol. The van der Waals surface area contributed by atoms with Crippen LogP contribution in [0.25, 0.3) is 0 Å². The first-order valence-corrected chi connectivity index (χ1v) is 14.4. The summed E-state index contributed by atoms with van der Waals surface area (Å²) in [5.74, 6) is 0.303. The molecule has 40 heavy (non-hydrogen) atoms. The predicted octanol–water partition coefficient (Wildman–Crippen LogP) is 4.24. The van der Waals surface area contributed by atoms with Crippen LogP contribution in [0.3, 0.4) is 0 Å². The quantitative estimate of drug-likeness (QED) is 0.416. The first kappa shape index (κ1) is 28.9. The Hall–Kier alpha value is -4.05. The van der Waals surface area contributed by atoms with E-state index in [2.05, 4.69) is 5.32 Å². The first-order valence-electron chi connectivity index (χ1n) is 12.9. The summed E-state index contributed by atoms with van der Waals surface area (Å²) in [6, 6.07) is 14.6. The second-order valence-corrected chi connectivity index (χ2v) is 11.8. The Labute approximate surface area is 235 Å². The van der Waals surface area contributed by atoms with Crippen molar-refractivity contribution < 1.29 is 27.5 Å². The Morgan fingerprint density at radius 1 is 0.975 bits per heavy atom. The molecule has 0 radical (unpaired) electrons. The Bertz CT molecular complexity index is 1530. The molecule has 9 nitrogen and oxygen atoms in total. The molecule has 0 spiro atoms. The van der Waals surface area contributed by atoms with Crippen molar-refractivity contribution in [3.8, 4) is 11.5 Å². The summed E-state index contributed by atoms with van der Waals surface area (Å²) in [6.07, 6.45) is 0.220. The van der Waals surface area contributed by atoms with E-state index in [4.69, 9.17) is 9.47 Å². The van der Waals surface area contributed by atoms with Gasteiger partial charge in [-0.2, -0.15) is 0 Å². The molecule has 212 valence electrons. The highest BCUT2D eigenvalue weighted by atomic mass is 32.2. The summed E-state index contributed by atoms with van der Waals surface area (Å²) in [7, 11) is 0.567. The van der Waals surface area contributed by atoms with Gasteiger partial charge in [-0.05, 0) is 68.1 Å². The van der Waals surface area contributed by atoms with Crippen molar-refractivity contribution in [1.29, 1.82) is 0 Å². The molecule has 0 saturated carbocycles. The van der Waals surface area contributed by atoms with Crippen LogP contribution in [0.5, 0.6) is 11.5 Å². The number of para-hydroxylation sites is 2. The molecule has 3 aromatic rings. The Morgan fingerprint density at radius 2 is 1.62 bits per heavy atom. The minimum atomic E-state index is -4.20. The molecule has 1 aliphatic rings. The second kappa shape index (κ2) is 11.6. The third-order valence-electron chi connectivity index (χ3n) is 7.08. The zero-order chi connectivity index (χ0) is 29.2. The summed E-state index contributed by atoms with van der Waals surface area (Å²) in [5, 5.41) is 2.79. The van der Waals surface area contributed by atoms with E-state index in [-0.39, 0.29) is 17.2 Å². The fraction of sp³-hybridized carbons (Fsp3) is 0.333. The molecule has 0 bridgehead atoms. The van der Waals surface area contributed by atoms with Gasteiger partial charge in [0, 0.05) is 13.6 Å². The van der Waals surface area contributed by atoms with Crippen LogP contribution in [-0.2, 0) is 26.0 Å². The number of nitrogens with one attached hydrogen (secondary N) is 1. The van der Waals surface area contributed by atoms with Gasteiger partial charge in [-0.1, -0.05) is 35.9 Å². The maximum absolute atomic E-state index is 14.2. The van der Waals surface area contributed by atoms with Crippen LogP contribution >= 0.6 is 0 Å². The zero-order valence-corrected chi connectivity index (χ0v) is 24.5. The molecule has 0 aromatic heterocycles. The number of benzene rings is 3. The number of hydrogen-bond acceptors (Lipinski definition) is 6. The van der Waals surface area contributed by atoms with Crippen LogP contribution in [0.2, 0.25) is 0 Å². The lowest BCUT2D eigenvalue weighted by atomic mass is 10.1. The molecule has 0 fully saturated rings. The van der Waals surface area contributed by atoms with Gasteiger partial charge < -0.3 is 19.7 Å². The van der Waals surface area contributed by atoms with Crippen LogP contribution in [0, 0.1) is 20.8 Å². The lowest BCUT2D eigenvalue weighted by Crippen LogP contribution is -2.53. The SMILES string of the molecule is COc1ccc(CCN(C)C(=O)CC2C(=O)Nc3ccccc3N2S(=O)(=O)c2c(C)cc(C)cc2C)cc1OC. The summed E-state index contributed by atoms with van der Waals surface area (Å²) < 4.78 is 40.2. The number of carbonyl (C=O) groups is 2. The number of carbonyl (C=O) groups excluding carboxylic acids is 2. The van der Waals surface area contributed by atoms with Crippen molar-refractivity contribution in [2.75, 3.05) is 37.4 Å². The van der Waals surface area contributed by atoms with Crippen molar-refractivity contribution in [2.24, 2.45) is 0 Å². The lowest BCUT2D eigenvalue weighted by molar-refractivity contribution is -0.132. The fourth-order valence-electron chi connectivity index (χ4n) is 5.19. The normalized spacial score (nSPS) is 14.8. The van der Waals surface area contributed by atoms with E-state index in [0.29, 0.717) is 47.0 Å². The number of amides is 2. The number of rotatable bonds is 9. The van der Waals surface area contributed by atoms with E-state index in [1.54, 1.807) is 77.6 Å². The van der Waals surface area contributed by atoms with Gasteiger partial charge in [-0.15, -0.1) is 0 Å². The third-order valence-corrected chi connectivity index (χ3v) is 9.21. The van der Waals surface area contributed by atoms with Gasteiger partial charge in [0.1, 0.15) is 6.04 Å². The maximum Gasteiger partial charge on any atom is 0.265 e. The summed E-state index contributed by atoms with van der Waals surface area (Å²) in [6.45, 7) is 5.75. The van der Waals surface area contributed by atoms with E-state index in [1.807, 2.05) is 19.1 Å². The van der Waals surface area contributed by atoms with Crippen LogP contribution in [0.4, 0.5) is 11.4 Å². The molecule has 0 saturated heterocycles. The summed E-state index contributed by atoms with van der Waals surface area (Å²) >= 11 is 0. The van der Waals surface area contributed by atoms with E-state index in [9.17, 15) is 18.0 Å². The number of anilines is 2. The number of nitrogens with zero attached hydrogens (tertiary/aromatic N) is 2. The standard InChI is InChI=1S/C30H35N3O6S/c1-19-15-20(2)29(21(3)16-19)40(36,37)33-24-10-8-7-9-23(24)31-30(35)25(33)18-28(34)32(4)14-13-22-11-12-26(38-5)27(17-22)39-6/h7-12,15-17,25H,13-14,18H2,1-6H3,(H,31,35). The van der Waals surface area contributed by atoms with Crippen LogP contribution in [-0.4, -0.2) is 59.0 Å². The largest absolute Gasteiger partial charge is 0.493 e. The molecule has 1 unspecified atom stereocenters. The van der Waals surface area contributed by atoms with E-state index in [1.165, 1.54) is 4.90 Å². The van der Waals surface area contributed by atoms with Crippen molar-refractivity contribution in [1.82, 2.24) is 4.90 Å². The number of methoxy groups -OCH3 is 2. The smallest absolute Gasteiger partial charge is 0.265 e. The lowest BCUT2D eigenvalue weighted by Gasteiger charge is -2.37. The topological polar surface area (TPSA) is 105 Å². The molecular weight excluding hydrogens is 530 g/mol. The molecule has 2 amide bonds. The second-order valence-electron chi connectivity index (χ2n) is 10.0. The molecule has 3 aromatic carbocycles. The minimum Gasteiger partial charge on any atom is -0.493 e. The van der Waals surface area contributed by atoms with Crippen molar-refractivity contribution >= 4 is 33.2 Å². The van der Waals surface area contributed by atoms with Gasteiger partial charge in [-0.3, -0.25) is 13.9 Å². The molecule has 1 heterocycles. The maximum atomic E-state index is 14.2. The number of ether oxygens (including phenoxy) is 2. The molecule has 1 aliphatic heterocycles. The first-order chi connectivity index (χ1) is 19.0. The summed E-state index contributed by atoms with van der Waals surface area (Å²) in [4.78, 5) is 28.4. The zero-order valence-electron chi connectivity index (χ0n) is 23.6. The number of likely N-dealkylation sites (N-methyl/N-ethyl adjacent to an activating group) is 1. The van der Waals surface area contributed by atoms with Crippen LogP contribution < -0.4 is 19.1 Å². The van der Waals surface area contributed by atoms with Gasteiger partial charge in [0.15, 0.2) is 11.5 Å². The molecule has 0 aliphatic carbocycles. The number of hydrogen-bond donors (Lipinski definition) is 1. The van der Waals surface area contributed by atoms with Gasteiger partial charge in [0.25, 0.3) is 10.0 Å². The van der Waals surface area contributed by atoms with Gasteiger partial charge >= 0.3 is 0 Å². The Morgan fingerprint density at radius 3 is 2.27 bits per heavy atom. The van der Waals surface area contributed by atoms with Crippen molar-refractivity contribution in [3.05, 3.63) is 76.9 Å². The minimum absolute atomic E-state index is 0.141. The number of sulfonamides is 1. The van der Waals surface area contributed by atoms with E-state index in [0.717, 1.165) is 15.4 Å². The molecule has 1 N–H and O–H groups in total. The highest BCUT2D eigenvalue weighted by Gasteiger charge is 2.43. The molecule has 4 rings (SSSR count). The Balaban J connectivity index is 1.62. The summed E-state index contributed by atoms with van der Waals surface area (Å²) in [5.41, 5.74) is 3.75. The van der Waals surface area contributed by atoms with Crippen molar-refractivity contribution in [2.45, 2.75) is 44.6 Å². The van der Waals surface area contributed by atoms with Gasteiger partial charge in [0.2, 0.25) is 11.8 Å². The molecular formula is C30H35N3O6S. The number of aryl methyl sites for hydroxylation is 3. The van der Waals surface area contributed by atoms with Crippen LogP contribution in [0.1, 0.15) is 28.7 Å². The van der Waals surface area contributed by atoms with Crippen LogP contribution in [0.15, 0.2) is 59.5 Å². The van der Waals surface area contributed by atoms with E-state index < -0.39 is 22.0 Å². The fourth-order valence-corrected chi connectivity index (χ4v) is 7.24. The third kappa shape index (κ3) is 5.62.